The number of benzene rings is 1. The van der Waals surface area contributed by atoms with Gasteiger partial charge in [0.15, 0.2) is 5.96 Å². The Hall–Kier alpha value is -2.56. The zero-order valence-electron chi connectivity index (χ0n) is 15.8. The van der Waals surface area contributed by atoms with Crippen LogP contribution in [-0.2, 0) is 6.42 Å². The Morgan fingerprint density at radius 2 is 2.15 bits per heavy atom. The average molecular weight is 351 g/mol. The molecule has 0 saturated carbocycles. The van der Waals surface area contributed by atoms with Crippen LogP contribution in [-0.4, -0.2) is 47.2 Å². The Balaban J connectivity index is 1.56. The van der Waals surface area contributed by atoms with E-state index in [4.69, 9.17) is 4.99 Å². The highest BCUT2D eigenvalue weighted by Crippen LogP contribution is 2.22. The number of nitrogens with one attached hydrogen (secondary N) is 2. The lowest BCUT2D eigenvalue weighted by Crippen LogP contribution is -2.43. The third-order valence-electron chi connectivity index (χ3n) is 4.79. The van der Waals surface area contributed by atoms with Crippen molar-refractivity contribution in [3.8, 4) is 0 Å². The number of aryl methyl sites for hydroxylation is 2. The summed E-state index contributed by atoms with van der Waals surface area (Å²) in [5.41, 5.74) is 5.23. The minimum atomic E-state index is 0.832. The molecule has 5 heteroatoms. The van der Waals surface area contributed by atoms with E-state index in [2.05, 4.69) is 70.7 Å². The maximum absolute atomic E-state index is 4.84. The van der Waals surface area contributed by atoms with Crippen LogP contribution in [0.15, 0.2) is 47.6 Å². The second-order valence-electron chi connectivity index (χ2n) is 6.65. The molecule has 1 aromatic heterocycles. The Kier molecular flexibility index (Phi) is 6.47. The van der Waals surface area contributed by atoms with Gasteiger partial charge in [0.05, 0.1) is 6.20 Å². The molecule has 0 radical (unpaired) electrons. The molecule has 0 spiro atoms. The molecule has 0 saturated heterocycles. The summed E-state index contributed by atoms with van der Waals surface area (Å²) >= 11 is 0. The lowest BCUT2D eigenvalue weighted by atomic mass is 10.00. The molecule has 0 atom stereocenters. The molecule has 0 amide bonds. The van der Waals surface area contributed by atoms with Gasteiger partial charge in [0.1, 0.15) is 0 Å². The molecule has 1 aliphatic heterocycles. The number of aromatic amines is 1. The fraction of sp³-hybridized carbons (Fsp3) is 0.429. The van der Waals surface area contributed by atoms with Crippen LogP contribution < -0.4 is 5.32 Å². The number of guanidine groups is 1. The van der Waals surface area contributed by atoms with Gasteiger partial charge in [0, 0.05) is 31.9 Å². The first-order valence-corrected chi connectivity index (χ1v) is 9.54. The number of aromatic nitrogens is 2. The van der Waals surface area contributed by atoms with Crippen molar-refractivity contribution in [1.29, 1.82) is 0 Å². The van der Waals surface area contributed by atoms with Gasteiger partial charge >= 0.3 is 0 Å². The topological polar surface area (TPSA) is 56.3 Å². The van der Waals surface area contributed by atoms with Crippen LogP contribution in [0.2, 0.25) is 0 Å². The van der Waals surface area contributed by atoms with E-state index in [0.29, 0.717) is 0 Å². The van der Waals surface area contributed by atoms with Gasteiger partial charge in [0.2, 0.25) is 0 Å². The van der Waals surface area contributed by atoms with Crippen molar-refractivity contribution in [2.24, 2.45) is 4.99 Å². The minimum Gasteiger partial charge on any atom is -0.357 e. The quantitative estimate of drug-likeness (QED) is 0.476. The number of hydrogen-bond donors (Lipinski definition) is 2. The van der Waals surface area contributed by atoms with Crippen LogP contribution in [0.25, 0.3) is 5.57 Å². The first kappa shape index (κ1) is 18.2. The molecule has 138 valence electrons. The van der Waals surface area contributed by atoms with Gasteiger partial charge in [-0.05, 0) is 49.8 Å². The smallest absolute Gasteiger partial charge is 0.194 e. The van der Waals surface area contributed by atoms with E-state index < -0.39 is 0 Å². The highest BCUT2D eigenvalue weighted by atomic mass is 15.3. The summed E-state index contributed by atoms with van der Waals surface area (Å²) < 4.78 is 0. The van der Waals surface area contributed by atoms with Crippen LogP contribution in [0.3, 0.4) is 0 Å². The molecule has 2 aromatic rings. The van der Waals surface area contributed by atoms with Crippen molar-refractivity contribution in [3.63, 3.8) is 0 Å². The summed E-state index contributed by atoms with van der Waals surface area (Å²) in [7, 11) is 0. The van der Waals surface area contributed by atoms with E-state index in [1.807, 2.05) is 6.20 Å². The molecule has 1 aliphatic rings. The first-order chi connectivity index (χ1) is 12.8. The second-order valence-corrected chi connectivity index (χ2v) is 6.65. The van der Waals surface area contributed by atoms with E-state index in [1.165, 1.54) is 16.7 Å². The highest BCUT2D eigenvalue weighted by Gasteiger charge is 2.15. The molecule has 5 nitrogen and oxygen atoms in total. The molecule has 0 fully saturated rings. The normalized spacial score (nSPS) is 15.1. The zero-order valence-corrected chi connectivity index (χ0v) is 15.8. The SMILES string of the molecule is CCNC(=NCCCc1cn[nH]c1C)N1CC=C(c2ccccc2)CC1. The first-order valence-electron chi connectivity index (χ1n) is 9.54. The maximum Gasteiger partial charge on any atom is 0.194 e. The van der Waals surface area contributed by atoms with E-state index in [9.17, 15) is 0 Å². The highest BCUT2D eigenvalue weighted by molar-refractivity contribution is 5.81. The molecule has 1 aromatic carbocycles. The van der Waals surface area contributed by atoms with Gasteiger partial charge < -0.3 is 10.2 Å². The number of hydrogen-bond acceptors (Lipinski definition) is 2. The summed E-state index contributed by atoms with van der Waals surface area (Å²) in [5, 5.41) is 10.5. The summed E-state index contributed by atoms with van der Waals surface area (Å²) in [6.45, 7) is 7.84. The Morgan fingerprint density at radius 1 is 1.31 bits per heavy atom. The zero-order chi connectivity index (χ0) is 18.2. The van der Waals surface area contributed by atoms with Gasteiger partial charge in [-0.25, -0.2) is 0 Å². The maximum atomic E-state index is 4.84. The van der Waals surface area contributed by atoms with Gasteiger partial charge in [-0.15, -0.1) is 0 Å². The van der Waals surface area contributed by atoms with Crippen molar-refractivity contribution in [1.82, 2.24) is 20.4 Å². The molecule has 3 rings (SSSR count). The van der Waals surface area contributed by atoms with Crippen LogP contribution >= 0.6 is 0 Å². The minimum absolute atomic E-state index is 0.832. The second kappa shape index (κ2) is 9.22. The lowest BCUT2D eigenvalue weighted by Gasteiger charge is -2.30. The Morgan fingerprint density at radius 3 is 2.81 bits per heavy atom. The van der Waals surface area contributed by atoms with E-state index in [1.54, 1.807) is 0 Å². The number of rotatable bonds is 6. The molecular weight excluding hydrogens is 322 g/mol. The van der Waals surface area contributed by atoms with Gasteiger partial charge in [-0.3, -0.25) is 10.1 Å². The van der Waals surface area contributed by atoms with Gasteiger partial charge in [0.25, 0.3) is 0 Å². The Labute approximate surface area is 156 Å². The summed E-state index contributed by atoms with van der Waals surface area (Å²) in [4.78, 5) is 7.18. The van der Waals surface area contributed by atoms with E-state index in [-0.39, 0.29) is 0 Å². The van der Waals surface area contributed by atoms with Crippen molar-refractivity contribution in [2.75, 3.05) is 26.2 Å². The largest absolute Gasteiger partial charge is 0.357 e. The van der Waals surface area contributed by atoms with Crippen molar-refractivity contribution < 1.29 is 0 Å². The molecule has 0 aliphatic carbocycles. The fourth-order valence-corrected chi connectivity index (χ4v) is 3.28. The van der Waals surface area contributed by atoms with Crippen molar-refractivity contribution in [2.45, 2.75) is 33.1 Å². The van der Waals surface area contributed by atoms with E-state index >= 15 is 0 Å². The van der Waals surface area contributed by atoms with E-state index in [0.717, 1.165) is 57.1 Å². The standard InChI is InChI=1S/C21H29N5/c1-3-22-21(23-13-7-10-20-16-24-25-17(20)2)26-14-11-19(12-15-26)18-8-5-4-6-9-18/h4-6,8-9,11,16H,3,7,10,12-15H2,1-2H3,(H,22,23)(H,24,25). The molecular formula is C21H29N5. The van der Waals surface area contributed by atoms with Gasteiger partial charge in [-0.2, -0.15) is 5.10 Å². The Bertz CT molecular complexity index is 745. The fourth-order valence-electron chi connectivity index (χ4n) is 3.28. The molecule has 26 heavy (non-hydrogen) atoms. The number of aliphatic imine (C=N–C) groups is 1. The summed E-state index contributed by atoms with van der Waals surface area (Å²) in [6, 6.07) is 10.7. The molecule has 0 bridgehead atoms. The third-order valence-corrected chi connectivity index (χ3v) is 4.79. The van der Waals surface area contributed by atoms with Crippen LogP contribution in [0.4, 0.5) is 0 Å². The molecule has 0 unspecified atom stereocenters. The molecule has 2 heterocycles. The van der Waals surface area contributed by atoms with Crippen LogP contribution in [0.5, 0.6) is 0 Å². The monoisotopic (exact) mass is 351 g/mol. The number of nitrogens with zero attached hydrogens (tertiary/aromatic N) is 3. The average Bonchev–Trinajstić information content (AvgIpc) is 3.10. The number of H-pyrrole nitrogens is 1. The molecule has 2 N–H and O–H groups in total. The lowest BCUT2D eigenvalue weighted by molar-refractivity contribution is 0.440. The summed E-state index contributed by atoms with van der Waals surface area (Å²) in [6.07, 6.45) is 7.37. The predicted molar refractivity (Wildman–Crippen MR) is 108 cm³/mol. The summed E-state index contributed by atoms with van der Waals surface area (Å²) in [5.74, 6) is 1.03. The third kappa shape index (κ3) is 4.75. The van der Waals surface area contributed by atoms with Crippen molar-refractivity contribution in [3.05, 3.63) is 59.4 Å². The van der Waals surface area contributed by atoms with Crippen molar-refractivity contribution >= 4 is 11.5 Å². The predicted octanol–water partition coefficient (Wildman–Crippen LogP) is 3.41. The van der Waals surface area contributed by atoms with Gasteiger partial charge in [-0.1, -0.05) is 36.4 Å². The van der Waals surface area contributed by atoms with Crippen LogP contribution in [0, 0.1) is 6.92 Å². The van der Waals surface area contributed by atoms with Crippen LogP contribution in [0.1, 0.15) is 36.6 Å².